The summed E-state index contributed by atoms with van der Waals surface area (Å²) in [7, 11) is 0. The van der Waals surface area contributed by atoms with Crippen LogP contribution in [0.3, 0.4) is 0 Å². The molecule has 0 aromatic heterocycles. The number of rotatable bonds is 8. The van der Waals surface area contributed by atoms with Crippen molar-refractivity contribution in [1.29, 1.82) is 0 Å². The van der Waals surface area contributed by atoms with Gasteiger partial charge in [-0.1, -0.05) is 50.2 Å². The number of nitrogens with one attached hydrogen (secondary N) is 1. The van der Waals surface area contributed by atoms with Gasteiger partial charge in [-0.15, -0.1) is 0 Å². The van der Waals surface area contributed by atoms with Gasteiger partial charge in [0.25, 0.3) is 5.91 Å². The Labute approximate surface area is 197 Å². The molecule has 1 fully saturated rings. The summed E-state index contributed by atoms with van der Waals surface area (Å²) in [5.41, 5.74) is 6.79. The van der Waals surface area contributed by atoms with E-state index in [9.17, 15) is 9.59 Å². The maximum Gasteiger partial charge on any atom is 0.251 e. The number of hydrogen-bond acceptors (Lipinski definition) is 4. The molecule has 3 N–H and O–H groups in total. The molecule has 1 heterocycles. The van der Waals surface area contributed by atoms with Crippen LogP contribution >= 0.6 is 0 Å². The lowest BCUT2D eigenvalue weighted by Crippen LogP contribution is -2.66. The molecule has 1 saturated heterocycles. The summed E-state index contributed by atoms with van der Waals surface area (Å²) in [5.74, 6) is -0.730. The Balaban J connectivity index is 1.81. The Kier molecular flexibility index (Phi) is 7.60. The number of carbonyl (C=O) groups excluding carboxylic acids is 2. The van der Waals surface area contributed by atoms with Crippen LogP contribution in [0.1, 0.15) is 92.7 Å². The average Bonchev–Trinajstić information content (AvgIpc) is 2.80. The molecule has 0 aliphatic carbocycles. The molecule has 2 atom stereocenters. The van der Waals surface area contributed by atoms with E-state index in [0.29, 0.717) is 11.1 Å². The van der Waals surface area contributed by atoms with Crippen LogP contribution in [0.4, 0.5) is 0 Å². The quantitative estimate of drug-likeness (QED) is 0.591. The van der Waals surface area contributed by atoms with Gasteiger partial charge in [-0.2, -0.15) is 5.06 Å². The minimum Gasteiger partial charge on any atom is -0.366 e. The van der Waals surface area contributed by atoms with Crippen LogP contribution in [0.25, 0.3) is 0 Å². The second-order valence-electron chi connectivity index (χ2n) is 9.72. The van der Waals surface area contributed by atoms with E-state index in [4.69, 9.17) is 10.6 Å². The fourth-order valence-corrected chi connectivity index (χ4v) is 5.15. The van der Waals surface area contributed by atoms with Crippen molar-refractivity contribution in [3.63, 3.8) is 0 Å². The van der Waals surface area contributed by atoms with E-state index >= 15 is 0 Å². The second-order valence-corrected chi connectivity index (χ2v) is 9.72. The van der Waals surface area contributed by atoms with Gasteiger partial charge in [0.05, 0.1) is 0 Å². The minimum atomic E-state index is -0.542. The van der Waals surface area contributed by atoms with Crippen molar-refractivity contribution < 1.29 is 14.4 Å². The summed E-state index contributed by atoms with van der Waals surface area (Å²) in [6.45, 7) is 10.8. The first kappa shape index (κ1) is 24.9. The van der Waals surface area contributed by atoms with E-state index in [0.717, 1.165) is 31.2 Å². The van der Waals surface area contributed by atoms with E-state index in [-0.39, 0.29) is 29.1 Å². The Morgan fingerprint density at radius 2 is 1.70 bits per heavy atom. The topological polar surface area (TPSA) is 84.7 Å². The molecule has 0 saturated carbocycles. The highest BCUT2D eigenvalue weighted by atomic mass is 16.7. The van der Waals surface area contributed by atoms with E-state index < -0.39 is 5.91 Å². The van der Waals surface area contributed by atoms with Gasteiger partial charge in [-0.25, -0.2) is 0 Å². The molecule has 0 radical (unpaired) electrons. The van der Waals surface area contributed by atoms with Crippen molar-refractivity contribution in [3.8, 4) is 0 Å². The smallest absolute Gasteiger partial charge is 0.251 e. The number of piperidine rings is 1. The molecule has 2 amide bonds. The lowest BCUT2D eigenvalue weighted by Gasteiger charge is -2.57. The van der Waals surface area contributed by atoms with Crippen LogP contribution in [-0.2, 0) is 4.84 Å². The van der Waals surface area contributed by atoms with Gasteiger partial charge in [-0.05, 0) is 70.2 Å². The largest absolute Gasteiger partial charge is 0.366 e. The van der Waals surface area contributed by atoms with Crippen LogP contribution in [-0.4, -0.2) is 34.0 Å². The van der Waals surface area contributed by atoms with Gasteiger partial charge in [0, 0.05) is 28.2 Å². The average molecular weight is 452 g/mol. The fraction of sp³-hybridized carbons (Fsp3) is 0.481. The summed E-state index contributed by atoms with van der Waals surface area (Å²) in [6.07, 6.45) is 3.25. The highest BCUT2D eigenvalue weighted by Gasteiger charge is 2.50. The minimum absolute atomic E-state index is 0.0171. The molecular formula is C27H37N3O3. The summed E-state index contributed by atoms with van der Waals surface area (Å²) >= 11 is 0. The number of nitrogens with zero attached hydrogens (tertiary/aromatic N) is 1. The predicted molar refractivity (Wildman–Crippen MR) is 131 cm³/mol. The van der Waals surface area contributed by atoms with E-state index in [2.05, 4.69) is 57.1 Å². The zero-order valence-electron chi connectivity index (χ0n) is 20.4. The first-order valence-electron chi connectivity index (χ1n) is 11.8. The Morgan fingerprint density at radius 3 is 2.30 bits per heavy atom. The molecule has 0 bridgehead atoms. The van der Waals surface area contributed by atoms with Gasteiger partial charge < -0.3 is 11.1 Å². The maximum atomic E-state index is 13.0. The number of hydrogen-bond donors (Lipinski definition) is 2. The Bertz CT molecular complexity index is 970. The molecule has 33 heavy (non-hydrogen) atoms. The molecular weight excluding hydrogens is 414 g/mol. The third kappa shape index (κ3) is 5.45. The summed E-state index contributed by atoms with van der Waals surface area (Å²) in [4.78, 5) is 31.2. The van der Waals surface area contributed by atoms with Crippen LogP contribution in [0.15, 0.2) is 54.6 Å². The van der Waals surface area contributed by atoms with E-state index in [1.54, 1.807) is 24.3 Å². The molecule has 1 aliphatic heterocycles. The summed E-state index contributed by atoms with van der Waals surface area (Å²) in [5, 5.41) is 5.42. The third-order valence-corrected chi connectivity index (χ3v) is 6.95. The van der Waals surface area contributed by atoms with Crippen LogP contribution in [0.2, 0.25) is 0 Å². The highest BCUT2D eigenvalue weighted by molar-refractivity contribution is 5.99. The van der Waals surface area contributed by atoms with E-state index in [1.165, 1.54) is 0 Å². The van der Waals surface area contributed by atoms with Crippen LogP contribution in [0, 0.1) is 0 Å². The third-order valence-electron chi connectivity index (χ3n) is 6.95. The first-order chi connectivity index (χ1) is 15.6. The number of nitrogens with two attached hydrogens (primary N) is 1. The van der Waals surface area contributed by atoms with Crippen molar-refractivity contribution in [2.24, 2.45) is 5.73 Å². The van der Waals surface area contributed by atoms with Crippen LogP contribution < -0.4 is 11.1 Å². The summed E-state index contributed by atoms with van der Waals surface area (Å²) < 4.78 is 0. The van der Waals surface area contributed by atoms with E-state index in [1.807, 2.05) is 18.2 Å². The number of hydroxylamine groups is 2. The predicted octanol–water partition coefficient (Wildman–Crippen LogP) is 5.01. The molecule has 2 aromatic carbocycles. The van der Waals surface area contributed by atoms with Crippen LogP contribution in [0.5, 0.6) is 0 Å². The fourth-order valence-electron chi connectivity index (χ4n) is 5.15. The number of carbonyl (C=O) groups is 2. The second kappa shape index (κ2) is 10.1. The van der Waals surface area contributed by atoms with Gasteiger partial charge in [0.15, 0.2) is 0 Å². The molecule has 2 aromatic rings. The maximum absolute atomic E-state index is 13.0. The molecule has 1 aliphatic rings. The first-order valence-corrected chi connectivity index (χ1v) is 11.8. The lowest BCUT2D eigenvalue weighted by atomic mass is 9.74. The van der Waals surface area contributed by atoms with Crippen molar-refractivity contribution >= 4 is 11.8 Å². The number of benzene rings is 2. The number of amides is 2. The molecule has 6 heteroatoms. The summed E-state index contributed by atoms with van der Waals surface area (Å²) in [6, 6.07) is 16.8. The van der Waals surface area contributed by atoms with Gasteiger partial charge in [-0.3, -0.25) is 14.4 Å². The Morgan fingerprint density at radius 1 is 1.06 bits per heavy atom. The molecule has 3 rings (SSSR count). The monoisotopic (exact) mass is 451 g/mol. The van der Waals surface area contributed by atoms with Crippen molar-refractivity contribution in [2.75, 3.05) is 0 Å². The standard InChI is InChI=1S/C27H37N3O3/c1-6-27(7-2)18-23(29-25(32)22-15-11-14-21(16-22)24(28)31)17-26(4,5)30(27)33-19(3)20-12-9-8-10-13-20/h8-16,19,23H,6-7,17-18H2,1-5H3,(H2,28,31)(H,29,32). The zero-order chi connectivity index (χ0) is 24.2. The number of primary amides is 1. The van der Waals surface area contributed by atoms with Crippen molar-refractivity contribution in [3.05, 3.63) is 71.3 Å². The van der Waals surface area contributed by atoms with Gasteiger partial charge in [0.1, 0.15) is 6.10 Å². The Hall–Kier alpha value is -2.70. The van der Waals surface area contributed by atoms with Gasteiger partial charge in [0.2, 0.25) is 5.91 Å². The lowest BCUT2D eigenvalue weighted by molar-refractivity contribution is -0.316. The highest BCUT2D eigenvalue weighted by Crippen LogP contribution is 2.44. The normalized spacial score (nSPS) is 20.7. The van der Waals surface area contributed by atoms with Gasteiger partial charge >= 0.3 is 0 Å². The van der Waals surface area contributed by atoms with Crippen molar-refractivity contribution in [2.45, 2.75) is 83.5 Å². The van der Waals surface area contributed by atoms with Crippen molar-refractivity contribution in [1.82, 2.24) is 10.4 Å². The molecule has 0 spiro atoms. The molecule has 2 unspecified atom stereocenters. The molecule has 178 valence electrons. The SMILES string of the molecule is CCC1(CC)CC(NC(=O)c2cccc(C(N)=O)c2)CC(C)(C)N1OC(C)c1ccccc1. The zero-order valence-corrected chi connectivity index (χ0v) is 20.4. The molecule has 6 nitrogen and oxygen atoms in total.